The molecule has 0 unspecified atom stereocenters. The van der Waals surface area contributed by atoms with E-state index >= 15 is 0 Å². The molecule has 10 atom stereocenters. The van der Waals surface area contributed by atoms with Gasteiger partial charge in [0.25, 0.3) is 0 Å². The van der Waals surface area contributed by atoms with Gasteiger partial charge in [-0.2, -0.15) is 0 Å². The molecule has 4 aliphatic carbocycles. The molecule has 1 saturated heterocycles. The maximum absolute atomic E-state index is 11.8. The molecule has 0 spiro atoms. The average Bonchev–Trinajstić information content (AvgIpc) is 3.12. The summed E-state index contributed by atoms with van der Waals surface area (Å²) in [6.07, 6.45) is 3.93. The van der Waals surface area contributed by atoms with E-state index in [0.29, 0.717) is 60.1 Å². The SMILES string of the molecule is CCCC[C@H]1CCC[C@@H](Cl)C[C@@H](OC)c2cc(O)c(c(O[C@H]3OC[C@H](O)[C@@H](O)[C@@H]3O)c2)[C@@H](CCCC)CCC[C@@H](Cl)C[C@@H](OC)c2cc(O)c1c(O)c2. The third-order valence-electron chi connectivity index (χ3n) is 11.0. The Labute approximate surface area is 325 Å². The lowest BCUT2D eigenvalue weighted by Gasteiger charge is -2.36. The number of halogens is 2. The van der Waals surface area contributed by atoms with Crippen molar-refractivity contribution in [3.05, 3.63) is 46.5 Å². The van der Waals surface area contributed by atoms with Crippen molar-refractivity contribution in [1.29, 1.82) is 0 Å². The molecule has 4 bridgehead atoms. The fourth-order valence-corrected chi connectivity index (χ4v) is 8.59. The van der Waals surface area contributed by atoms with Crippen molar-refractivity contribution in [2.75, 3.05) is 20.8 Å². The van der Waals surface area contributed by atoms with Gasteiger partial charge in [0, 0.05) is 36.1 Å². The van der Waals surface area contributed by atoms with E-state index in [2.05, 4.69) is 13.8 Å². The normalized spacial score (nSPS) is 30.8. The van der Waals surface area contributed by atoms with Gasteiger partial charge in [-0.05, 0) is 98.6 Å². The predicted molar refractivity (Wildman–Crippen MR) is 207 cm³/mol. The van der Waals surface area contributed by atoms with Gasteiger partial charge in [0.2, 0.25) is 6.29 Å². The number of hydrogen-bond acceptors (Lipinski definition) is 10. The Morgan fingerprint density at radius 3 is 1.64 bits per heavy atom. The topological polar surface area (TPSA) is 158 Å². The molecule has 53 heavy (non-hydrogen) atoms. The van der Waals surface area contributed by atoms with Gasteiger partial charge in [-0.3, -0.25) is 0 Å². The van der Waals surface area contributed by atoms with E-state index in [1.807, 2.05) is 0 Å². The molecule has 0 amide bonds. The second-order valence-corrected chi connectivity index (χ2v) is 16.2. The molecule has 2 aromatic carbocycles. The minimum absolute atomic E-state index is 0.0306. The molecule has 6 N–H and O–H groups in total. The highest BCUT2D eigenvalue weighted by Gasteiger charge is 2.40. The Kier molecular flexibility index (Phi) is 17.6. The van der Waals surface area contributed by atoms with Crippen LogP contribution < -0.4 is 4.74 Å². The van der Waals surface area contributed by atoms with Crippen LogP contribution in [0.15, 0.2) is 24.3 Å². The number of benzene rings is 2. The van der Waals surface area contributed by atoms with Crippen LogP contribution in [-0.4, -0.2) is 86.8 Å². The van der Waals surface area contributed by atoms with Gasteiger partial charge in [0.15, 0.2) is 0 Å². The zero-order valence-corrected chi connectivity index (χ0v) is 33.3. The highest BCUT2D eigenvalue weighted by Crippen LogP contribution is 2.46. The van der Waals surface area contributed by atoms with E-state index in [4.69, 9.17) is 42.1 Å². The predicted octanol–water partition coefficient (Wildman–Crippen LogP) is 8.59. The van der Waals surface area contributed by atoms with Crippen LogP contribution in [0.3, 0.4) is 0 Å². The first kappa shape index (κ1) is 43.7. The molecule has 0 aromatic heterocycles. The molecule has 0 saturated carbocycles. The fourth-order valence-electron chi connectivity index (χ4n) is 7.96. The zero-order valence-electron chi connectivity index (χ0n) is 31.8. The van der Waals surface area contributed by atoms with Crippen molar-refractivity contribution >= 4 is 23.2 Å². The number of aromatic hydroxyl groups is 3. The van der Waals surface area contributed by atoms with Gasteiger partial charge in [-0.1, -0.05) is 52.4 Å². The van der Waals surface area contributed by atoms with Crippen LogP contribution in [0.25, 0.3) is 0 Å². The number of phenolic OH excluding ortho intramolecular Hbond substituents is 3. The van der Waals surface area contributed by atoms with E-state index < -0.39 is 36.8 Å². The van der Waals surface area contributed by atoms with Crippen LogP contribution in [0.5, 0.6) is 23.0 Å². The number of phenols is 3. The Hall–Kier alpha value is -2.02. The minimum atomic E-state index is -1.52. The van der Waals surface area contributed by atoms with Gasteiger partial charge in [-0.15, -0.1) is 23.2 Å². The van der Waals surface area contributed by atoms with Crippen LogP contribution >= 0.6 is 23.2 Å². The second kappa shape index (κ2) is 21.3. The molecule has 1 heterocycles. The monoisotopic (exact) mass is 784 g/mol. The van der Waals surface area contributed by atoms with Gasteiger partial charge in [-0.25, -0.2) is 0 Å². The molecule has 0 radical (unpaired) electrons. The Morgan fingerprint density at radius 1 is 0.679 bits per heavy atom. The Bertz CT molecular complexity index is 1390. The first-order valence-corrected chi connectivity index (χ1v) is 20.4. The number of ether oxygens (including phenoxy) is 4. The average molecular weight is 786 g/mol. The van der Waals surface area contributed by atoms with Crippen molar-refractivity contribution in [1.82, 2.24) is 0 Å². The summed E-state index contributed by atoms with van der Waals surface area (Å²) >= 11 is 13.9. The number of rotatable bonds is 10. The maximum Gasteiger partial charge on any atom is 0.228 e. The molecule has 300 valence electrons. The first-order chi connectivity index (χ1) is 25.4. The van der Waals surface area contributed by atoms with E-state index in [-0.39, 0.29) is 46.4 Å². The summed E-state index contributed by atoms with van der Waals surface area (Å²) in [4.78, 5) is 0. The van der Waals surface area contributed by atoms with Crippen molar-refractivity contribution in [2.45, 2.75) is 163 Å². The Morgan fingerprint density at radius 2 is 1.15 bits per heavy atom. The van der Waals surface area contributed by atoms with Crippen molar-refractivity contribution in [3.63, 3.8) is 0 Å². The highest BCUT2D eigenvalue weighted by molar-refractivity contribution is 6.20. The third-order valence-corrected chi connectivity index (χ3v) is 11.8. The quantitative estimate of drug-likeness (QED) is 0.129. The number of aliphatic hydroxyl groups is 3. The smallest absolute Gasteiger partial charge is 0.228 e. The highest BCUT2D eigenvalue weighted by atomic mass is 35.5. The third kappa shape index (κ3) is 11.7. The maximum atomic E-state index is 11.8. The lowest BCUT2D eigenvalue weighted by atomic mass is 9.85. The van der Waals surface area contributed by atoms with Crippen molar-refractivity contribution < 1.29 is 49.6 Å². The molecule has 10 nitrogen and oxygen atoms in total. The van der Waals surface area contributed by atoms with Crippen molar-refractivity contribution in [3.8, 4) is 23.0 Å². The lowest BCUT2D eigenvalue weighted by Crippen LogP contribution is -2.54. The summed E-state index contributed by atoms with van der Waals surface area (Å²) in [6.45, 7) is 4.00. The summed E-state index contributed by atoms with van der Waals surface area (Å²) in [5, 5.41) is 65.0. The molecular formula is C41H62Cl2O10. The second-order valence-electron chi connectivity index (χ2n) is 14.9. The number of aliphatic hydroxyl groups excluding tert-OH is 3. The van der Waals surface area contributed by atoms with E-state index in [1.54, 1.807) is 38.5 Å². The molecule has 7 rings (SSSR count). The van der Waals surface area contributed by atoms with Crippen LogP contribution in [0.1, 0.15) is 150 Å². The van der Waals surface area contributed by atoms with E-state index in [0.717, 1.165) is 57.8 Å². The molecule has 1 fully saturated rings. The summed E-state index contributed by atoms with van der Waals surface area (Å²) < 4.78 is 23.7. The van der Waals surface area contributed by atoms with Crippen molar-refractivity contribution in [2.24, 2.45) is 0 Å². The molecule has 1 aliphatic heterocycles. The summed E-state index contributed by atoms with van der Waals surface area (Å²) in [6, 6.07) is 6.90. The van der Waals surface area contributed by atoms with E-state index in [9.17, 15) is 30.6 Å². The number of alkyl halides is 2. The summed E-state index contributed by atoms with van der Waals surface area (Å²) in [7, 11) is 3.19. The lowest BCUT2D eigenvalue weighted by molar-refractivity contribution is -0.242. The number of unbranched alkanes of at least 4 members (excludes halogenated alkanes) is 2. The molecular weight excluding hydrogens is 723 g/mol. The number of methoxy groups -OCH3 is 2. The van der Waals surface area contributed by atoms with Gasteiger partial charge >= 0.3 is 0 Å². The number of hydrogen-bond donors (Lipinski definition) is 6. The van der Waals surface area contributed by atoms with Crippen LogP contribution in [0.4, 0.5) is 0 Å². The fraction of sp³-hybridized carbons (Fsp3) is 0.707. The van der Waals surface area contributed by atoms with Gasteiger partial charge in [0.1, 0.15) is 41.3 Å². The first-order valence-electron chi connectivity index (χ1n) is 19.5. The molecule has 2 aromatic rings. The van der Waals surface area contributed by atoms with Crippen LogP contribution in [0, 0.1) is 0 Å². The molecule has 12 heteroatoms. The summed E-state index contributed by atoms with van der Waals surface area (Å²) in [5.41, 5.74) is 2.43. The minimum Gasteiger partial charge on any atom is -0.508 e. The van der Waals surface area contributed by atoms with Gasteiger partial charge in [0.05, 0.1) is 18.8 Å². The van der Waals surface area contributed by atoms with Crippen LogP contribution in [-0.2, 0) is 14.2 Å². The Balaban J connectivity index is 1.73. The van der Waals surface area contributed by atoms with Gasteiger partial charge < -0.3 is 49.6 Å². The largest absolute Gasteiger partial charge is 0.508 e. The van der Waals surface area contributed by atoms with E-state index in [1.165, 1.54) is 0 Å². The van der Waals surface area contributed by atoms with Crippen LogP contribution in [0.2, 0.25) is 0 Å². The standard InChI is InChI=1S/C41H62Cl2O10/c1-5-7-11-24-13-9-15-29(43)22-35(51-4)27-19-32(46)38(36(20-27)53-41-40(49)39(48)33(47)23-52-41)25(12-8-6-2)14-10-16-28(42)21-34(50-3)26-17-30(44)37(24)31(45)18-26/h17-20,24-25,28-29,33-35,39-41,44-49H,5-16,21-23H2,1-4H3/t24-,25-,28+,29+,33-,34+,35+,39+,40-,41+/m0/s1. The zero-order chi connectivity index (χ0) is 38.7. The molecule has 5 aliphatic rings. The summed E-state index contributed by atoms with van der Waals surface area (Å²) in [5.74, 6) is 0.270.